The summed E-state index contributed by atoms with van der Waals surface area (Å²) in [7, 11) is 0. The van der Waals surface area contributed by atoms with Crippen molar-refractivity contribution in [1.82, 2.24) is 15.8 Å². The number of hydrogen-bond acceptors (Lipinski definition) is 6. The van der Waals surface area contributed by atoms with Crippen molar-refractivity contribution in [2.75, 3.05) is 6.61 Å². The second kappa shape index (κ2) is 9.16. The molecule has 1 aromatic carbocycles. The van der Waals surface area contributed by atoms with Crippen LogP contribution in [0.1, 0.15) is 48.2 Å². The average Bonchev–Trinajstić information content (AvgIpc) is 3.09. The monoisotopic (exact) mass is 385 g/mol. The molecule has 1 saturated carbocycles. The molecule has 0 bridgehead atoms. The van der Waals surface area contributed by atoms with E-state index >= 15 is 0 Å². The summed E-state index contributed by atoms with van der Waals surface area (Å²) in [4.78, 5) is 36.2. The minimum absolute atomic E-state index is 0.0807. The minimum atomic E-state index is -0.736. The maximum atomic E-state index is 12.4. The quantitative estimate of drug-likeness (QED) is 0.766. The molecule has 1 heterocycles. The van der Waals surface area contributed by atoms with E-state index in [2.05, 4.69) is 15.8 Å². The van der Waals surface area contributed by atoms with E-state index < -0.39 is 24.5 Å². The van der Waals surface area contributed by atoms with Gasteiger partial charge in [0.25, 0.3) is 5.91 Å². The molecule has 3 rings (SSSR count). The van der Waals surface area contributed by atoms with Gasteiger partial charge in [-0.2, -0.15) is 0 Å². The third-order valence-electron chi connectivity index (χ3n) is 4.64. The molecule has 28 heavy (non-hydrogen) atoms. The predicted molar refractivity (Wildman–Crippen MR) is 101 cm³/mol. The van der Waals surface area contributed by atoms with Crippen LogP contribution >= 0.6 is 0 Å². The van der Waals surface area contributed by atoms with Gasteiger partial charge in [0.05, 0.1) is 0 Å². The molecule has 0 atom stereocenters. The van der Waals surface area contributed by atoms with Gasteiger partial charge in [-0.15, -0.1) is 0 Å². The van der Waals surface area contributed by atoms with Crippen molar-refractivity contribution < 1.29 is 23.6 Å². The number of benzene rings is 1. The molecule has 2 aromatic rings. The Morgan fingerprint density at radius 1 is 1.14 bits per heavy atom. The van der Waals surface area contributed by atoms with Crippen LogP contribution in [0.5, 0.6) is 0 Å². The molecule has 0 radical (unpaired) electrons. The number of imide groups is 1. The fourth-order valence-corrected chi connectivity index (χ4v) is 3.24. The van der Waals surface area contributed by atoms with Gasteiger partial charge in [0.2, 0.25) is 0 Å². The fraction of sp³-hybridized carbons (Fsp3) is 0.400. The summed E-state index contributed by atoms with van der Waals surface area (Å²) < 4.78 is 10.2. The van der Waals surface area contributed by atoms with Crippen LogP contribution in [-0.2, 0) is 9.53 Å². The van der Waals surface area contributed by atoms with E-state index in [1.165, 1.54) is 6.42 Å². The summed E-state index contributed by atoms with van der Waals surface area (Å²) in [5, 5.41) is 8.86. The number of amides is 3. The molecule has 1 fully saturated rings. The molecule has 0 spiro atoms. The van der Waals surface area contributed by atoms with Gasteiger partial charge < -0.3 is 14.6 Å². The molecule has 0 unspecified atom stereocenters. The zero-order chi connectivity index (χ0) is 19.9. The summed E-state index contributed by atoms with van der Waals surface area (Å²) in [6.07, 6.45) is 5.12. The van der Waals surface area contributed by atoms with Gasteiger partial charge in [-0.1, -0.05) is 54.8 Å². The van der Waals surface area contributed by atoms with E-state index in [9.17, 15) is 14.4 Å². The Labute approximate surface area is 162 Å². The smallest absolute Gasteiger partial charge is 0.344 e. The van der Waals surface area contributed by atoms with Crippen molar-refractivity contribution in [1.29, 1.82) is 0 Å². The molecule has 1 aliphatic rings. The van der Waals surface area contributed by atoms with E-state index in [0.29, 0.717) is 17.0 Å². The van der Waals surface area contributed by atoms with Gasteiger partial charge in [0.15, 0.2) is 6.61 Å². The lowest BCUT2D eigenvalue weighted by atomic mass is 9.96. The summed E-state index contributed by atoms with van der Waals surface area (Å²) in [6.45, 7) is 1.02. The van der Waals surface area contributed by atoms with Crippen molar-refractivity contribution in [3.8, 4) is 11.3 Å². The van der Waals surface area contributed by atoms with Gasteiger partial charge in [-0.3, -0.25) is 10.1 Å². The molecule has 148 valence electrons. The van der Waals surface area contributed by atoms with Crippen molar-refractivity contribution >= 4 is 17.9 Å². The molecule has 2 N–H and O–H groups in total. The van der Waals surface area contributed by atoms with Gasteiger partial charge >= 0.3 is 12.0 Å². The average molecular weight is 385 g/mol. The van der Waals surface area contributed by atoms with E-state index in [1.54, 1.807) is 19.1 Å². The highest BCUT2D eigenvalue weighted by atomic mass is 16.5. The number of carbonyl (C=O) groups excluding carboxylic acids is 3. The molecule has 8 heteroatoms. The van der Waals surface area contributed by atoms with E-state index in [4.69, 9.17) is 9.26 Å². The van der Waals surface area contributed by atoms with Gasteiger partial charge in [-0.05, 0) is 19.8 Å². The number of urea groups is 1. The van der Waals surface area contributed by atoms with Crippen LogP contribution in [0.15, 0.2) is 34.9 Å². The lowest BCUT2D eigenvalue weighted by Crippen LogP contribution is -2.46. The first-order valence-electron chi connectivity index (χ1n) is 9.33. The van der Waals surface area contributed by atoms with Crippen molar-refractivity contribution in [3.05, 3.63) is 41.7 Å². The lowest BCUT2D eigenvalue weighted by molar-refractivity contribution is -0.123. The van der Waals surface area contributed by atoms with Crippen LogP contribution in [-0.4, -0.2) is 35.7 Å². The SMILES string of the molecule is Cc1onc(-c2ccccc2)c1C(=O)OCC(=O)NC(=O)NC1CCCCC1. The number of nitrogens with one attached hydrogen (secondary N) is 2. The Morgan fingerprint density at radius 3 is 2.57 bits per heavy atom. The van der Waals surface area contributed by atoms with E-state index in [0.717, 1.165) is 25.7 Å². The van der Waals surface area contributed by atoms with Crippen LogP contribution in [0.3, 0.4) is 0 Å². The number of aryl methyl sites for hydroxylation is 1. The summed E-state index contributed by atoms with van der Waals surface area (Å²) >= 11 is 0. The molecule has 1 aliphatic carbocycles. The summed E-state index contributed by atoms with van der Waals surface area (Å²) in [6, 6.07) is 8.56. The summed E-state index contributed by atoms with van der Waals surface area (Å²) in [5.74, 6) is -1.14. The largest absolute Gasteiger partial charge is 0.452 e. The zero-order valence-electron chi connectivity index (χ0n) is 15.7. The second-order valence-corrected chi connectivity index (χ2v) is 6.76. The number of aromatic nitrogens is 1. The fourth-order valence-electron chi connectivity index (χ4n) is 3.24. The highest BCUT2D eigenvalue weighted by Crippen LogP contribution is 2.25. The maximum absolute atomic E-state index is 12.4. The Hall–Kier alpha value is -3.16. The number of ether oxygens (including phenoxy) is 1. The number of nitrogens with zero attached hydrogens (tertiary/aromatic N) is 1. The minimum Gasteiger partial charge on any atom is -0.452 e. The molecular formula is C20H23N3O5. The number of hydrogen-bond donors (Lipinski definition) is 2. The lowest BCUT2D eigenvalue weighted by Gasteiger charge is -2.22. The Kier molecular flexibility index (Phi) is 6.41. The first-order chi connectivity index (χ1) is 13.5. The first-order valence-corrected chi connectivity index (χ1v) is 9.33. The van der Waals surface area contributed by atoms with Gasteiger partial charge in [0.1, 0.15) is 17.0 Å². The second-order valence-electron chi connectivity index (χ2n) is 6.76. The Balaban J connectivity index is 1.53. The topological polar surface area (TPSA) is 111 Å². The molecular weight excluding hydrogens is 362 g/mol. The zero-order valence-corrected chi connectivity index (χ0v) is 15.7. The third kappa shape index (κ3) is 4.97. The standard InChI is InChI=1S/C20H23N3O5/c1-13-17(18(23-28-13)14-8-4-2-5-9-14)19(25)27-12-16(24)22-20(26)21-15-10-6-3-7-11-15/h2,4-5,8-9,15H,3,6-7,10-12H2,1H3,(H2,21,22,24,26). The number of carbonyl (C=O) groups is 3. The molecule has 0 saturated heterocycles. The molecule has 8 nitrogen and oxygen atoms in total. The predicted octanol–water partition coefficient (Wildman–Crippen LogP) is 2.97. The van der Waals surface area contributed by atoms with Crippen LogP contribution in [0, 0.1) is 6.92 Å². The summed E-state index contributed by atoms with van der Waals surface area (Å²) in [5.41, 5.74) is 1.20. The van der Waals surface area contributed by atoms with Crippen molar-refractivity contribution in [2.24, 2.45) is 0 Å². The maximum Gasteiger partial charge on any atom is 0.344 e. The Bertz CT molecular complexity index is 841. The highest BCUT2D eigenvalue weighted by molar-refractivity contribution is 5.99. The van der Waals surface area contributed by atoms with E-state index in [1.807, 2.05) is 18.2 Å². The molecule has 0 aliphatic heterocycles. The highest BCUT2D eigenvalue weighted by Gasteiger charge is 2.24. The number of esters is 1. The third-order valence-corrected chi connectivity index (χ3v) is 4.64. The number of rotatable bonds is 5. The molecule has 1 aromatic heterocycles. The van der Waals surface area contributed by atoms with Gasteiger partial charge in [0, 0.05) is 11.6 Å². The molecule has 3 amide bonds. The van der Waals surface area contributed by atoms with E-state index in [-0.39, 0.29) is 11.6 Å². The van der Waals surface area contributed by atoms with Crippen LogP contribution in [0.25, 0.3) is 11.3 Å². The normalized spacial score (nSPS) is 14.3. The van der Waals surface area contributed by atoms with Crippen molar-refractivity contribution in [3.63, 3.8) is 0 Å². The van der Waals surface area contributed by atoms with Crippen molar-refractivity contribution in [2.45, 2.75) is 45.1 Å². The Morgan fingerprint density at radius 2 is 1.86 bits per heavy atom. The van der Waals surface area contributed by atoms with Crippen LogP contribution in [0.4, 0.5) is 4.79 Å². The van der Waals surface area contributed by atoms with Crippen LogP contribution < -0.4 is 10.6 Å². The first kappa shape index (κ1) is 19.6. The van der Waals surface area contributed by atoms with Gasteiger partial charge in [-0.25, -0.2) is 9.59 Å². The van der Waals surface area contributed by atoms with Crippen LogP contribution in [0.2, 0.25) is 0 Å².